The van der Waals surface area contributed by atoms with Crippen LogP contribution in [0.5, 0.6) is 0 Å². The highest BCUT2D eigenvalue weighted by molar-refractivity contribution is 5.69. The molecule has 132 valence electrons. The van der Waals surface area contributed by atoms with Gasteiger partial charge in [-0.3, -0.25) is 4.90 Å². The number of ether oxygens (including phenoxy) is 1. The molecule has 3 rings (SSSR count). The van der Waals surface area contributed by atoms with Crippen LogP contribution in [0.25, 0.3) is 0 Å². The molecule has 0 spiro atoms. The number of nitrogens with zero attached hydrogens (tertiary/aromatic N) is 1. The largest absolute Gasteiger partial charge is 0.445 e. The first-order valence-corrected chi connectivity index (χ1v) is 8.89. The zero-order valence-corrected chi connectivity index (χ0v) is 14.9. The number of carbonyl (C=O) groups excluding carboxylic acids is 1. The topological polar surface area (TPSA) is 55.6 Å². The lowest BCUT2D eigenvalue weighted by Gasteiger charge is -2.27. The Bertz CT molecular complexity index is 715. The third-order valence-corrected chi connectivity index (χ3v) is 4.80. The second-order valence-corrected chi connectivity index (χ2v) is 6.96. The standard InChI is InChI=1S/C21H26N2O2/c1-15(2)17-9-6-10-18(13-17)20-19(22)11-12-23(20)21(24)25-14-16-7-4-3-5-8-16/h3-10,13,15,19-20H,11-12,14,22H2,1-2H3. The zero-order chi connectivity index (χ0) is 17.8. The van der Waals surface area contributed by atoms with Crippen molar-refractivity contribution < 1.29 is 9.53 Å². The Kier molecular flexibility index (Phi) is 5.39. The molecule has 0 bridgehead atoms. The summed E-state index contributed by atoms with van der Waals surface area (Å²) in [6.07, 6.45) is 0.494. The zero-order valence-electron chi connectivity index (χ0n) is 14.9. The van der Waals surface area contributed by atoms with E-state index in [1.165, 1.54) is 5.56 Å². The van der Waals surface area contributed by atoms with Crippen LogP contribution in [0.1, 0.15) is 48.9 Å². The molecular weight excluding hydrogens is 312 g/mol. The summed E-state index contributed by atoms with van der Waals surface area (Å²) in [7, 11) is 0. The maximum atomic E-state index is 12.6. The van der Waals surface area contributed by atoms with Crippen molar-refractivity contribution in [1.82, 2.24) is 4.90 Å². The Morgan fingerprint density at radius 1 is 1.20 bits per heavy atom. The van der Waals surface area contributed by atoms with Gasteiger partial charge in [-0.05, 0) is 29.0 Å². The van der Waals surface area contributed by atoms with Gasteiger partial charge >= 0.3 is 6.09 Å². The van der Waals surface area contributed by atoms with E-state index in [4.69, 9.17) is 10.5 Å². The molecule has 2 aromatic rings. The van der Waals surface area contributed by atoms with Crippen molar-refractivity contribution in [2.45, 2.75) is 44.9 Å². The number of amides is 1. The third kappa shape index (κ3) is 4.02. The van der Waals surface area contributed by atoms with Gasteiger partial charge in [0.15, 0.2) is 0 Å². The highest BCUT2D eigenvalue weighted by Gasteiger charge is 2.37. The number of nitrogens with two attached hydrogens (primary N) is 1. The lowest BCUT2D eigenvalue weighted by molar-refractivity contribution is 0.0908. The summed E-state index contributed by atoms with van der Waals surface area (Å²) < 4.78 is 5.52. The maximum absolute atomic E-state index is 12.6. The second-order valence-electron chi connectivity index (χ2n) is 6.96. The van der Waals surface area contributed by atoms with Crippen molar-refractivity contribution in [2.75, 3.05) is 6.54 Å². The molecule has 2 atom stereocenters. The monoisotopic (exact) mass is 338 g/mol. The van der Waals surface area contributed by atoms with Gasteiger partial charge in [0.1, 0.15) is 6.61 Å². The van der Waals surface area contributed by atoms with Gasteiger partial charge in [0.25, 0.3) is 0 Å². The summed E-state index contributed by atoms with van der Waals surface area (Å²) >= 11 is 0. The quantitative estimate of drug-likeness (QED) is 0.908. The van der Waals surface area contributed by atoms with E-state index in [1.54, 1.807) is 4.90 Å². The SMILES string of the molecule is CC(C)c1cccc(C2C(N)CCN2C(=O)OCc2ccccc2)c1. The molecule has 1 amide bonds. The maximum Gasteiger partial charge on any atom is 0.410 e. The summed E-state index contributed by atoms with van der Waals surface area (Å²) in [6, 6.07) is 17.9. The highest BCUT2D eigenvalue weighted by atomic mass is 16.6. The first-order valence-electron chi connectivity index (χ1n) is 8.89. The number of benzene rings is 2. The molecule has 0 aliphatic carbocycles. The minimum Gasteiger partial charge on any atom is -0.445 e. The molecule has 0 radical (unpaired) electrons. The van der Waals surface area contributed by atoms with Gasteiger partial charge in [-0.2, -0.15) is 0 Å². The molecule has 1 aliphatic heterocycles. The average Bonchev–Trinajstić information content (AvgIpc) is 3.02. The van der Waals surface area contributed by atoms with E-state index in [2.05, 4.69) is 32.0 Å². The smallest absolute Gasteiger partial charge is 0.410 e. The van der Waals surface area contributed by atoms with Crippen molar-refractivity contribution in [3.63, 3.8) is 0 Å². The van der Waals surface area contributed by atoms with Crippen molar-refractivity contribution in [3.05, 3.63) is 71.3 Å². The number of rotatable bonds is 4. The first-order chi connectivity index (χ1) is 12.1. The fourth-order valence-electron chi connectivity index (χ4n) is 3.35. The highest BCUT2D eigenvalue weighted by Crippen LogP contribution is 2.33. The fraction of sp³-hybridized carbons (Fsp3) is 0.381. The van der Waals surface area contributed by atoms with Crippen LogP contribution in [0.15, 0.2) is 54.6 Å². The Hall–Kier alpha value is -2.33. The summed E-state index contributed by atoms with van der Waals surface area (Å²) in [5.74, 6) is 0.441. The molecule has 0 aromatic heterocycles. The molecule has 4 heteroatoms. The molecule has 0 saturated carbocycles. The summed E-state index contributed by atoms with van der Waals surface area (Å²) in [5.41, 5.74) is 9.66. The van der Waals surface area contributed by atoms with Crippen molar-refractivity contribution >= 4 is 6.09 Å². The fourth-order valence-corrected chi connectivity index (χ4v) is 3.35. The van der Waals surface area contributed by atoms with Crippen LogP contribution in [0, 0.1) is 0 Å². The van der Waals surface area contributed by atoms with E-state index in [0.29, 0.717) is 12.5 Å². The predicted molar refractivity (Wildman–Crippen MR) is 99.2 cm³/mol. The molecule has 2 N–H and O–H groups in total. The van der Waals surface area contributed by atoms with Gasteiger partial charge in [-0.25, -0.2) is 4.79 Å². The van der Waals surface area contributed by atoms with Gasteiger partial charge in [-0.1, -0.05) is 68.4 Å². The lowest BCUT2D eigenvalue weighted by atomic mass is 9.95. The summed E-state index contributed by atoms with van der Waals surface area (Å²) in [4.78, 5) is 14.4. The van der Waals surface area contributed by atoms with Gasteiger partial charge in [0.05, 0.1) is 6.04 Å². The van der Waals surface area contributed by atoms with Gasteiger partial charge in [0, 0.05) is 12.6 Å². The Morgan fingerprint density at radius 2 is 1.96 bits per heavy atom. The number of likely N-dealkylation sites (tertiary alicyclic amines) is 1. The number of hydrogen-bond acceptors (Lipinski definition) is 3. The molecule has 2 aromatic carbocycles. The Labute approximate surface area is 149 Å². The van der Waals surface area contributed by atoms with Crippen LogP contribution < -0.4 is 5.73 Å². The average molecular weight is 338 g/mol. The third-order valence-electron chi connectivity index (χ3n) is 4.80. The number of hydrogen-bond donors (Lipinski definition) is 1. The molecule has 2 unspecified atom stereocenters. The van der Waals surface area contributed by atoms with Crippen molar-refractivity contribution in [3.8, 4) is 0 Å². The van der Waals surface area contributed by atoms with Crippen molar-refractivity contribution in [1.29, 1.82) is 0 Å². The molecule has 1 fully saturated rings. The number of carbonyl (C=O) groups is 1. The van der Waals surface area contributed by atoms with Crippen LogP contribution in [-0.4, -0.2) is 23.6 Å². The first kappa shape index (κ1) is 17.5. The lowest BCUT2D eigenvalue weighted by Crippen LogP contribution is -2.36. The minimum atomic E-state index is -0.295. The van der Waals surface area contributed by atoms with Crippen LogP contribution >= 0.6 is 0 Å². The van der Waals surface area contributed by atoms with Gasteiger partial charge < -0.3 is 10.5 Å². The molecule has 1 heterocycles. The normalized spacial score (nSPS) is 20.1. The van der Waals surface area contributed by atoms with E-state index in [1.807, 2.05) is 36.4 Å². The van der Waals surface area contributed by atoms with Gasteiger partial charge in [0.2, 0.25) is 0 Å². The Balaban J connectivity index is 1.74. The minimum absolute atomic E-state index is 0.0633. The van der Waals surface area contributed by atoms with Crippen LogP contribution in [-0.2, 0) is 11.3 Å². The van der Waals surface area contributed by atoms with Gasteiger partial charge in [-0.15, -0.1) is 0 Å². The van der Waals surface area contributed by atoms with E-state index >= 15 is 0 Å². The second kappa shape index (κ2) is 7.70. The molecule has 1 saturated heterocycles. The summed E-state index contributed by atoms with van der Waals surface area (Å²) in [6.45, 7) is 5.24. The van der Waals surface area contributed by atoms with E-state index in [9.17, 15) is 4.79 Å². The van der Waals surface area contributed by atoms with Crippen LogP contribution in [0.2, 0.25) is 0 Å². The molecular formula is C21H26N2O2. The molecule has 25 heavy (non-hydrogen) atoms. The molecule has 4 nitrogen and oxygen atoms in total. The summed E-state index contributed by atoms with van der Waals surface area (Å²) in [5, 5.41) is 0. The Morgan fingerprint density at radius 3 is 2.68 bits per heavy atom. The van der Waals surface area contributed by atoms with E-state index < -0.39 is 0 Å². The van der Waals surface area contributed by atoms with Crippen LogP contribution in [0.4, 0.5) is 4.79 Å². The van der Waals surface area contributed by atoms with E-state index in [-0.39, 0.29) is 24.8 Å². The predicted octanol–water partition coefficient (Wildman–Crippen LogP) is 4.22. The molecule has 1 aliphatic rings. The van der Waals surface area contributed by atoms with Crippen molar-refractivity contribution in [2.24, 2.45) is 5.73 Å². The van der Waals surface area contributed by atoms with E-state index in [0.717, 1.165) is 17.5 Å². The van der Waals surface area contributed by atoms with Crippen LogP contribution in [0.3, 0.4) is 0 Å².